The van der Waals surface area contributed by atoms with E-state index in [1.807, 2.05) is 35.9 Å². The molecule has 1 aromatic carbocycles. The van der Waals surface area contributed by atoms with Gasteiger partial charge in [0.15, 0.2) is 11.3 Å². The monoisotopic (exact) mass is 441 g/mol. The van der Waals surface area contributed by atoms with Crippen LogP contribution in [0.15, 0.2) is 24.3 Å². The lowest BCUT2D eigenvalue weighted by Crippen LogP contribution is -2.11. The highest BCUT2D eigenvalue weighted by Crippen LogP contribution is 2.30. The van der Waals surface area contributed by atoms with Crippen LogP contribution >= 0.6 is 0 Å². The predicted molar refractivity (Wildman–Crippen MR) is 127 cm³/mol. The molecule has 0 amide bonds. The van der Waals surface area contributed by atoms with Crippen molar-refractivity contribution < 1.29 is 8.42 Å². The van der Waals surface area contributed by atoms with Crippen LogP contribution in [0, 0.1) is 6.92 Å². The van der Waals surface area contributed by atoms with E-state index in [1.54, 1.807) is 0 Å². The number of nitrogens with zero attached hydrogens (tertiary/aromatic N) is 4. The number of anilines is 2. The van der Waals surface area contributed by atoms with Gasteiger partial charge >= 0.3 is 0 Å². The average Bonchev–Trinajstić information content (AvgIpc) is 3.12. The fourth-order valence-electron chi connectivity index (χ4n) is 3.86. The summed E-state index contributed by atoms with van der Waals surface area (Å²) in [5.74, 6) is 0.871. The summed E-state index contributed by atoms with van der Waals surface area (Å²) in [6.45, 7) is 10.5. The molecule has 2 heterocycles. The topological polar surface area (TPSA) is 89.8 Å². The predicted octanol–water partition coefficient (Wildman–Crippen LogP) is 5.17. The quantitative estimate of drug-likeness (QED) is 0.461. The van der Waals surface area contributed by atoms with Crippen LogP contribution in [0.3, 0.4) is 0 Å². The zero-order valence-corrected chi connectivity index (χ0v) is 19.7. The Morgan fingerprint density at radius 2 is 1.84 bits per heavy atom. The summed E-state index contributed by atoms with van der Waals surface area (Å²) in [5, 5.41) is 13.4. The minimum absolute atomic E-state index is 0.291. The molecule has 0 spiro atoms. The Bertz CT molecular complexity index is 1180. The Morgan fingerprint density at radius 1 is 1.13 bits per heavy atom. The third kappa shape index (κ3) is 5.31. The van der Waals surface area contributed by atoms with Gasteiger partial charge in [-0.2, -0.15) is 8.42 Å². The second-order valence-corrected chi connectivity index (χ2v) is 9.01. The van der Waals surface area contributed by atoms with Crippen molar-refractivity contribution >= 4 is 38.2 Å². The van der Waals surface area contributed by atoms with Crippen molar-refractivity contribution in [2.45, 2.75) is 72.3 Å². The molecule has 0 radical (unpaired) electrons. The molecule has 7 nitrogen and oxygen atoms in total. The number of benzene rings is 1. The Labute approximate surface area is 185 Å². The van der Waals surface area contributed by atoms with Gasteiger partial charge in [0.05, 0.1) is 16.9 Å². The number of pyridine rings is 1. The zero-order chi connectivity index (χ0) is 22.5. The number of aryl methyl sites for hydroxylation is 1. The first-order valence-corrected chi connectivity index (χ1v) is 12.0. The zero-order valence-electron chi connectivity index (χ0n) is 18.9. The Morgan fingerprint density at radius 3 is 2.45 bits per heavy atom. The molecule has 0 aliphatic carbocycles. The molecule has 0 atom stereocenters. The van der Waals surface area contributed by atoms with Gasteiger partial charge in [-0.1, -0.05) is 51.8 Å². The molecule has 0 aliphatic rings. The normalized spacial score (nSPS) is 11.5. The summed E-state index contributed by atoms with van der Waals surface area (Å²) in [4.78, 5) is 4.64. The van der Waals surface area contributed by atoms with E-state index in [0.29, 0.717) is 34.5 Å². The van der Waals surface area contributed by atoms with Crippen molar-refractivity contribution in [2.24, 2.45) is 0 Å². The third-order valence-corrected chi connectivity index (χ3v) is 5.84. The number of aromatic nitrogens is 4. The van der Waals surface area contributed by atoms with Gasteiger partial charge < -0.3 is 5.32 Å². The molecular weight excluding hydrogens is 410 g/mol. The van der Waals surface area contributed by atoms with Crippen molar-refractivity contribution in [1.29, 1.82) is 0 Å². The first-order valence-electron chi connectivity index (χ1n) is 10.9. The van der Waals surface area contributed by atoms with Crippen LogP contribution in [0.1, 0.15) is 82.2 Å². The smallest absolute Gasteiger partial charge is 0.214 e. The first-order chi connectivity index (χ1) is 14.8. The van der Waals surface area contributed by atoms with E-state index in [2.05, 4.69) is 48.3 Å². The summed E-state index contributed by atoms with van der Waals surface area (Å²) in [7, 11) is -2.31. The minimum Gasteiger partial charge on any atom is -0.338 e. The van der Waals surface area contributed by atoms with Gasteiger partial charge in [0.1, 0.15) is 0 Å². The summed E-state index contributed by atoms with van der Waals surface area (Å²) in [6, 6.07) is 8.10. The molecule has 1 N–H and O–H groups in total. The van der Waals surface area contributed by atoms with Crippen LogP contribution in [0.25, 0.3) is 11.0 Å². The van der Waals surface area contributed by atoms with E-state index >= 15 is 0 Å². The maximum Gasteiger partial charge on any atom is 0.214 e. The number of nitrogens with one attached hydrogen (secondary N) is 1. The lowest BCUT2D eigenvalue weighted by molar-refractivity contribution is 0.393. The van der Waals surface area contributed by atoms with Crippen LogP contribution in [0.2, 0.25) is 0 Å². The molecule has 2 aromatic heterocycles. The highest BCUT2D eigenvalue weighted by molar-refractivity contribution is 7.71. The maximum atomic E-state index is 11.4. The number of hydrogen-bond donors (Lipinski definition) is 1. The van der Waals surface area contributed by atoms with Gasteiger partial charge in [-0.05, 0) is 49.4 Å². The highest BCUT2D eigenvalue weighted by atomic mass is 32.2. The van der Waals surface area contributed by atoms with E-state index in [4.69, 9.17) is 0 Å². The summed E-state index contributed by atoms with van der Waals surface area (Å²) in [6.07, 6.45) is 4.24. The number of hydrogen-bond acceptors (Lipinski definition) is 6. The van der Waals surface area contributed by atoms with Crippen LogP contribution in [0.5, 0.6) is 0 Å². The lowest BCUT2D eigenvalue weighted by Gasteiger charge is -2.17. The van der Waals surface area contributed by atoms with Crippen molar-refractivity contribution in [1.82, 2.24) is 20.0 Å². The standard InChI is InChI=1S/C23H31N5O2S/c1-6-8-19(9-7-2)28-21-12-16(5)24-23(22(21)26-27-28)25-20-11-10-17(15(3)4)13-18(20)14-31(29)30/h10-15,19H,6-9H2,1-5H3,(H,24,25). The van der Waals surface area contributed by atoms with Crippen LogP contribution in [-0.2, 0) is 10.3 Å². The molecule has 0 saturated heterocycles. The first kappa shape index (κ1) is 22.9. The van der Waals surface area contributed by atoms with Crippen molar-refractivity contribution in [2.75, 3.05) is 5.32 Å². The summed E-state index contributed by atoms with van der Waals surface area (Å²) < 4.78 is 24.8. The van der Waals surface area contributed by atoms with Crippen molar-refractivity contribution in [3.8, 4) is 0 Å². The molecule has 0 saturated carbocycles. The number of fused-ring (bicyclic) bond motifs is 1. The van der Waals surface area contributed by atoms with Crippen molar-refractivity contribution in [3.05, 3.63) is 41.1 Å². The van der Waals surface area contributed by atoms with Crippen LogP contribution in [0.4, 0.5) is 11.5 Å². The average molecular weight is 442 g/mol. The molecule has 0 bridgehead atoms. The van der Waals surface area contributed by atoms with E-state index in [-0.39, 0.29) is 0 Å². The molecule has 8 heteroatoms. The Kier molecular flexibility index (Phi) is 7.43. The van der Waals surface area contributed by atoms with Crippen molar-refractivity contribution in [3.63, 3.8) is 0 Å². The highest BCUT2D eigenvalue weighted by Gasteiger charge is 2.18. The van der Waals surface area contributed by atoms with Crippen LogP contribution in [-0.4, -0.2) is 33.8 Å². The van der Waals surface area contributed by atoms with Gasteiger partial charge in [0.25, 0.3) is 0 Å². The molecule has 31 heavy (non-hydrogen) atoms. The molecular formula is C23H31N5O2S. The van der Waals surface area contributed by atoms with E-state index in [1.165, 1.54) is 5.37 Å². The van der Waals surface area contributed by atoms with E-state index in [9.17, 15) is 8.42 Å². The molecule has 3 rings (SSSR count). The SMILES string of the molecule is CCCC(CCC)n1nnc2c(Nc3ccc(C(C)C)cc3C=S(=O)=O)nc(C)cc21. The fraction of sp³-hybridized carbons (Fsp3) is 0.478. The second kappa shape index (κ2) is 10.0. The van der Waals surface area contributed by atoms with Gasteiger partial charge in [0.2, 0.25) is 10.3 Å². The van der Waals surface area contributed by atoms with Crippen LogP contribution < -0.4 is 5.32 Å². The van der Waals surface area contributed by atoms with E-state index < -0.39 is 10.3 Å². The van der Waals surface area contributed by atoms with Gasteiger partial charge in [-0.15, -0.1) is 5.10 Å². The van der Waals surface area contributed by atoms with Gasteiger partial charge in [-0.3, -0.25) is 0 Å². The summed E-state index contributed by atoms with van der Waals surface area (Å²) >= 11 is 0. The third-order valence-electron chi connectivity index (χ3n) is 5.40. The fourth-order valence-corrected chi connectivity index (χ4v) is 4.26. The van der Waals surface area contributed by atoms with Gasteiger partial charge in [0, 0.05) is 16.9 Å². The second-order valence-electron chi connectivity index (χ2n) is 8.25. The maximum absolute atomic E-state index is 11.4. The number of rotatable bonds is 9. The minimum atomic E-state index is -2.31. The Balaban J connectivity index is 2.09. The molecule has 3 aromatic rings. The van der Waals surface area contributed by atoms with Gasteiger partial charge in [-0.25, -0.2) is 9.67 Å². The molecule has 0 fully saturated rings. The molecule has 0 aliphatic heterocycles. The van der Waals surface area contributed by atoms with E-state index in [0.717, 1.165) is 42.5 Å². The lowest BCUT2D eigenvalue weighted by atomic mass is 10.0. The molecule has 166 valence electrons. The largest absolute Gasteiger partial charge is 0.338 e. The Hall–Kier alpha value is -2.74. The summed E-state index contributed by atoms with van der Waals surface area (Å²) in [5.41, 5.74) is 4.81. The molecule has 0 unspecified atom stereocenters.